The zero-order valence-electron chi connectivity index (χ0n) is 13.9. The summed E-state index contributed by atoms with van der Waals surface area (Å²) in [4.78, 5) is 35.6. The molecule has 0 atom stereocenters. The SMILES string of the molecule is O=C(CNC(=O)c1cccc(Cl)c1)Nc1ccc(NC(=O)C2CC2)cc1. The molecule has 3 rings (SSSR count). The number of carbonyl (C=O) groups excluding carboxylic acids is 3. The molecule has 134 valence electrons. The number of amides is 3. The van der Waals surface area contributed by atoms with Crippen LogP contribution in [-0.2, 0) is 9.59 Å². The summed E-state index contributed by atoms with van der Waals surface area (Å²) >= 11 is 5.84. The summed E-state index contributed by atoms with van der Waals surface area (Å²) in [5.74, 6) is -0.557. The first-order valence-electron chi connectivity index (χ1n) is 8.26. The number of rotatable bonds is 6. The zero-order valence-corrected chi connectivity index (χ0v) is 14.7. The highest BCUT2D eigenvalue weighted by atomic mass is 35.5. The van der Waals surface area contributed by atoms with Crippen LogP contribution in [0, 0.1) is 5.92 Å². The van der Waals surface area contributed by atoms with E-state index in [-0.39, 0.29) is 30.2 Å². The fourth-order valence-corrected chi connectivity index (χ4v) is 2.51. The van der Waals surface area contributed by atoms with Crippen LogP contribution < -0.4 is 16.0 Å². The van der Waals surface area contributed by atoms with Gasteiger partial charge in [-0.15, -0.1) is 0 Å². The molecule has 1 saturated carbocycles. The summed E-state index contributed by atoms with van der Waals surface area (Å²) in [6, 6.07) is 13.3. The first-order chi connectivity index (χ1) is 12.5. The van der Waals surface area contributed by atoms with Gasteiger partial charge in [-0.1, -0.05) is 17.7 Å². The van der Waals surface area contributed by atoms with Gasteiger partial charge in [-0.05, 0) is 55.3 Å². The van der Waals surface area contributed by atoms with Crippen molar-refractivity contribution in [2.75, 3.05) is 17.2 Å². The molecule has 2 aromatic carbocycles. The van der Waals surface area contributed by atoms with E-state index < -0.39 is 0 Å². The molecule has 0 unspecified atom stereocenters. The Bertz CT molecular complexity index is 832. The number of benzene rings is 2. The van der Waals surface area contributed by atoms with E-state index in [9.17, 15) is 14.4 Å². The van der Waals surface area contributed by atoms with E-state index >= 15 is 0 Å². The standard InChI is InChI=1S/C19H18ClN3O3/c20-14-3-1-2-13(10-14)18(25)21-11-17(24)22-15-6-8-16(9-7-15)23-19(26)12-4-5-12/h1-3,6-10,12H,4-5,11H2,(H,21,25)(H,22,24)(H,23,26). The molecule has 0 aliphatic heterocycles. The van der Waals surface area contributed by atoms with Crippen LogP contribution in [-0.4, -0.2) is 24.3 Å². The third-order valence-electron chi connectivity index (χ3n) is 3.88. The van der Waals surface area contributed by atoms with Gasteiger partial charge in [0.15, 0.2) is 0 Å². The average Bonchev–Trinajstić information content (AvgIpc) is 3.46. The fourth-order valence-electron chi connectivity index (χ4n) is 2.32. The van der Waals surface area contributed by atoms with Gasteiger partial charge in [0.05, 0.1) is 6.54 Å². The van der Waals surface area contributed by atoms with E-state index in [2.05, 4.69) is 16.0 Å². The smallest absolute Gasteiger partial charge is 0.251 e. The Balaban J connectivity index is 1.46. The van der Waals surface area contributed by atoms with Gasteiger partial charge >= 0.3 is 0 Å². The third kappa shape index (κ3) is 5.07. The quantitative estimate of drug-likeness (QED) is 0.729. The summed E-state index contributed by atoms with van der Waals surface area (Å²) in [7, 11) is 0. The lowest BCUT2D eigenvalue weighted by Crippen LogP contribution is -2.32. The van der Waals surface area contributed by atoms with E-state index in [4.69, 9.17) is 11.6 Å². The lowest BCUT2D eigenvalue weighted by molar-refractivity contribution is -0.117. The van der Waals surface area contributed by atoms with E-state index in [1.54, 1.807) is 42.5 Å². The van der Waals surface area contributed by atoms with Gasteiger partial charge in [0.25, 0.3) is 5.91 Å². The van der Waals surface area contributed by atoms with Crippen molar-refractivity contribution in [3.8, 4) is 0 Å². The Morgan fingerprint density at radius 1 is 0.962 bits per heavy atom. The average molecular weight is 372 g/mol. The second-order valence-corrected chi connectivity index (χ2v) is 6.52. The Morgan fingerprint density at radius 3 is 2.23 bits per heavy atom. The highest BCUT2D eigenvalue weighted by Crippen LogP contribution is 2.30. The van der Waals surface area contributed by atoms with Crippen molar-refractivity contribution < 1.29 is 14.4 Å². The molecule has 7 heteroatoms. The Morgan fingerprint density at radius 2 is 1.62 bits per heavy atom. The highest BCUT2D eigenvalue weighted by molar-refractivity contribution is 6.31. The Labute approximate surface area is 155 Å². The molecular formula is C19H18ClN3O3. The minimum absolute atomic E-state index is 0.0329. The van der Waals surface area contributed by atoms with Crippen molar-refractivity contribution in [1.82, 2.24) is 5.32 Å². The molecule has 6 nitrogen and oxygen atoms in total. The molecule has 1 aliphatic carbocycles. The minimum atomic E-state index is -0.374. The Kier molecular flexibility index (Phi) is 5.53. The van der Waals surface area contributed by atoms with Crippen LogP contribution in [0.3, 0.4) is 0 Å². The third-order valence-corrected chi connectivity index (χ3v) is 4.12. The fraction of sp³-hybridized carbons (Fsp3) is 0.211. The van der Waals surface area contributed by atoms with Gasteiger partial charge in [0, 0.05) is 27.9 Å². The lowest BCUT2D eigenvalue weighted by atomic mass is 10.2. The predicted octanol–water partition coefficient (Wildman–Crippen LogP) is 3.06. The molecule has 2 aromatic rings. The second kappa shape index (κ2) is 8.01. The number of carbonyl (C=O) groups is 3. The second-order valence-electron chi connectivity index (χ2n) is 6.08. The van der Waals surface area contributed by atoms with Crippen LogP contribution in [0.1, 0.15) is 23.2 Å². The van der Waals surface area contributed by atoms with E-state index in [0.29, 0.717) is 22.0 Å². The normalized spacial score (nSPS) is 13.0. The molecule has 0 bridgehead atoms. The number of halogens is 1. The molecule has 1 fully saturated rings. The maximum absolute atomic E-state index is 12.0. The maximum atomic E-state index is 12.0. The molecule has 0 heterocycles. The van der Waals surface area contributed by atoms with Crippen molar-refractivity contribution in [2.24, 2.45) is 5.92 Å². The molecule has 3 N–H and O–H groups in total. The molecule has 3 amide bonds. The highest BCUT2D eigenvalue weighted by Gasteiger charge is 2.29. The van der Waals surface area contributed by atoms with Crippen LogP contribution in [0.15, 0.2) is 48.5 Å². The molecule has 26 heavy (non-hydrogen) atoms. The van der Waals surface area contributed by atoms with Crippen LogP contribution in [0.2, 0.25) is 5.02 Å². The van der Waals surface area contributed by atoms with Crippen molar-refractivity contribution >= 4 is 40.7 Å². The summed E-state index contributed by atoms with van der Waals surface area (Å²) in [6.07, 6.45) is 1.89. The summed E-state index contributed by atoms with van der Waals surface area (Å²) in [5.41, 5.74) is 1.66. The van der Waals surface area contributed by atoms with Gasteiger partial charge < -0.3 is 16.0 Å². The van der Waals surface area contributed by atoms with Crippen molar-refractivity contribution in [3.05, 3.63) is 59.1 Å². The maximum Gasteiger partial charge on any atom is 0.251 e. The van der Waals surface area contributed by atoms with E-state index in [0.717, 1.165) is 12.8 Å². The first kappa shape index (κ1) is 17.9. The predicted molar refractivity (Wildman–Crippen MR) is 100 cm³/mol. The van der Waals surface area contributed by atoms with Gasteiger partial charge in [-0.25, -0.2) is 0 Å². The van der Waals surface area contributed by atoms with Crippen molar-refractivity contribution in [1.29, 1.82) is 0 Å². The molecule has 0 saturated heterocycles. The zero-order chi connectivity index (χ0) is 18.5. The molecule has 0 spiro atoms. The Hall–Kier alpha value is -2.86. The minimum Gasteiger partial charge on any atom is -0.343 e. The van der Waals surface area contributed by atoms with Gasteiger partial charge in [0.2, 0.25) is 11.8 Å². The molecular weight excluding hydrogens is 354 g/mol. The molecule has 1 aliphatic rings. The number of nitrogens with one attached hydrogen (secondary N) is 3. The van der Waals surface area contributed by atoms with Crippen molar-refractivity contribution in [3.63, 3.8) is 0 Å². The van der Waals surface area contributed by atoms with Gasteiger partial charge in [0.1, 0.15) is 0 Å². The van der Waals surface area contributed by atoms with Crippen molar-refractivity contribution in [2.45, 2.75) is 12.8 Å². The molecule has 0 radical (unpaired) electrons. The summed E-state index contributed by atoms with van der Waals surface area (Å²) < 4.78 is 0. The number of hydrogen-bond acceptors (Lipinski definition) is 3. The van der Waals surface area contributed by atoms with Crippen LogP contribution in [0.5, 0.6) is 0 Å². The van der Waals surface area contributed by atoms with Crippen LogP contribution in [0.25, 0.3) is 0 Å². The van der Waals surface area contributed by atoms with Crippen LogP contribution in [0.4, 0.5) is 11.4 Å². The lowest BCUT2D eigenvalue weighted by Gasteiger charge is -2.09. The number of hydrogen-bond donors (Lipinski definition) is 3. The summed E-state index contributed by atoms with van der Waals surface area (Å²) in [5, 5.41) is 8.50. The van der Waals surface area contributed by atoms with Gasteiger partial charge in [-0.2, -0.15) is 0 Å². The topological polar surface area (TPSA) is 87.3 Å². The monoisotopic (exact) mass is 371 g/mol. The first-order valence-corrected chi connectivity index (χ1v) is 8.63. The van der Waals surface area contributed by atoms with E-state index in [1.165, 1.54) is 6.07 Å². The summed E-state index contributed by atoms with van der Waals surface area (Å²) in [6.45, 7) is -0.161. The number of anilines is 2. The van der Waals surface area contributed by atoms with E-state index in [1.807, 2.05) is 0 Å². The largest absolute Gasteiger partial charge is 0.343 e. The molecule has 0 aromatic heterocycles. The van der Waals surface area contributed by atoms with Gasteiger partial charge in [-0.3, -0.25) is 14.4 Å². The van der Waals surface area contributed by atoms with Crippen LogP contribution >= 0.6 is 11.6 Å².